The van der Waals surface area contributed by atoms with E-state index in [4.69, 9.17) is 9.15 Å². The fourth-order valence-corrected chi connectivity index (χ4v) is 3.02. The Morgan fingerprint density at radius 1 is 1.00 bits per heavy atom. The minimum atomic E-state index is -1.30. The molecular weight excluding hydrogens is 328 g/mol. The Labute approximate surface area is 150 Å². The second-order valence-corrected chi connectivity index (χ2v) is 6.23. The molecule has 0 amide bonds. The van der Waals surface area contributed by atoms with Gasteiger partial charge in [0.1, 0.15) is 17.6 Å². The highest BCUT2D eigenvalue weighted by Gasteiger charge is 2.30. The number of hydrogen-bond donors (Lipinski definition) is 1. The molecule has 130 valence electrons. The Morgan fingerprint density at radius 3 is 2.46 bits per heavy atom. The molecule has 0 bridgehead atoms. The number of fused-ring (bicyclic) bond motifs is 1. The fourth-order valence-electron chi connectivity index (χ4n) is 3.02. The first-order valence-corrected chi connectivity index (χ1v) is 8.26. The van der Waals surface area contributed by atoms with Crippen molar-refractivity contribution in [3.63, 3.8) is 0 Å². The molecule has 0 fully saturated rings. The van der Waals surface area contributed by atoms with Crippen LogP contribution in [0.15, 0.2) is 71.5 Å². The molecule has 1 unspecified atom stereocenters. The van der Waals surface area contributed by atoms with Gasteiger partial charge >= 0.3 is 0 Å². The van der Waals surface area contributed by atoms with Crippen LogP contribution in [0.1, 0.15) is 18.2 Å². The molecule has 5 nitrogen and oxygen atoms in total. The first kappa shape index (κ1) is 16.3. The summed E-state index contributed by atoms with van der Waals surface area (Å²) in [5, 5.41) is 12.2. The number of nitrogens with zero attached hydrogens (tertiary/aromatic N) is 2. The SMILES string of the molecule is COc1ccc(C(C)(O)c2nc(-c3ccoc3)nc3ccccc23)cc1. The van der Waals surface area contributed by atoms with Crippen LogP contribution in [0.4, 0.5) is 0 Å². The molecule has 1 atom stereocenters. The highest BCUT2D eigenvalue weighted by atomic mass is 16.5. The topological polar surface area (TPSA) is 68.4 Å². The average molecular weight is 346 g/mol. The summed E-state index contributed by atoms with van der Waals surface area (Å²) in [5.41, 5.74) is 1.50. The largest absolute Gasteiger partial charge is 0.497 e. The number of aromatic nitrogens is 2. The molecule has 2 aromatic heterocycles. The van der Waals surface area contributed by atoms with Gasteiger partial charge in [-0.3, -0.25) is 0 Å². The normalized spacial score (nSPS) is 13.5. The van der Waals surface area contributed by atoms with E-state index in [-0.39, 0.29) is 0 Å². The molecule has 2 heterocycles. The summed E-state index contributed by atoms with van der Waals surface area (Å²) in [6.45, 7) is 1.74. The summed E-state index contributed by atoms with van der Waals surface area (Å²) in [6.07, 6.45) is 3.17. The van der Waals surface area contributed by atoms with E-state index in [1.165, 1.54) is 0 Å². The third-order valence-electron chi connectivity index (χ3n) is 4.50. The number of hydrogen-bond acceptors (Lipinski definition) is 5. The van der Waals surface area contributed by atoms with Crippen LogP contribution in [-0.2, 0) is 5.60 Å². The number of aliphatic hydroxyl groups is 1. The van der Waals surface area contributed by atoms with Crippen molar-refractivity contribution in [1.29, 1.82) is 0 Å². The standard InChI is InChI=1S/C21H18N2O3/c1-21(24,15-7-9-16(25-2)10-8-15)19-17-5-3-4-6-18(17)22-20(23-19)14-11-12-26-13-14/h3-13,24H,1-2H3. The molecule has 0 saturated heterocycles. The van der Waals surface area contributed by atoms with E-state index in [0.717, 1.165) is 27.8 Å². The van der Waals surface area contributed by atoms with E-state index in [9.17, 15) is 5.11 Å². The van der Waals surface area contributed by atoms with E-state index >= 15 is 0 Å². The maximum absolute atomic E-state index is 11.4. The van der Waals surface area contributed by atoms with Crippen LogP contribution in [-0.4, -0.2) is 22.2 Å². The summed E-state index contributed by atoms with van der Waals surface area (Å²) in [5.74, 6) is 1.25. The monoisotopic (exact) mass is 346 g/mol. The van der Waals surface area contributed by atoms with Crippen LogP contribution < -0.4 is 4.74 Å². The van der Waals surface area contributed by atoms with Crippen molar-refractivity contribution < 1.29 is 14.3 Å². The van der Waals surface area contributed by atoms with Crippen molar-refractivity contribution in [3.05, 3.63) is 78.4 Å². The lowest BCUT2D eigenvalue weighted by Crippen LogP contribution is -2.25. The lowest BCUT2D eigenvalue weighted by Gasteiger charge is -2.25. The van der Waals surface area contributed by atoms with Gasteiger partial charge in [-0.15, -0.1) is 0 Å². The minimum absolute atomic E-state index is 0.515. The van der Waals surface area contributed by atoms with E-state index < -0.39 is 5.60 Å². The summed E-state index contributed by atoms with van der Waals surface area (Å²) in [7, 11) is 1.61. The molecule has 4 aromatic rings. The predicted octanol–water partition coefficient (Wildman–Crippen LogP) is 4.15. The van der Waals surface area contributed by atoms with Crippen LogP contribution in [0.3, 0.4) is 0 Å². The highest BCUT2D eigenvalue weighted by Crippen LogP contribution is 2.34. The van der Waals surface area contributed by atoms with Crippen molar-refractivity contribution in [2.24, 2.45) is 0 Å². The minimum Gasteiger partial charge on any atom is -0.497 e. The first-order valence-electron chi connectivity index (χ1n) is 8.26. The van der Waals surface area contributed by atoms with Gasteiger partial charge in [-0.1, -0.05) is 30.3 Å². The van der Waals surface area contributed by atoms with Gasteiger partial charge in [0.15, 0.2) is 5.82 Å². The lowest BCUT2D eigenvalue weighted by atomic mass is 9.89. The molecule has 4 rings (SSSR count). The van der Waals surface area contributed by atoms with Crippen LogP contribution >= 0.6 is 0 Å². The second kappa shape index (κ2) is 6.28. The third-order valence-corrected chi connectivity index (χ3v) is 4.50. The van der Waals surface area contributed by atoms with E-state index in [0.29, 0.717) is 11.5 Å². The summed E-state index contributed by atoms with van der Waals surface area (Å²) >= 11 is 0. The number of benzene rings is 2. The molecule has 0 aliphatic rings. The molecule has 0 saturated carbocycles. The number of methoxy groups -OCH3 is 1. The van der Waals surface area contributed by atoms with Gasteiger partial charge in [-0.05, 0) is 36.8 Å². The van der Waals surface area contributed by atoms with Crippen molar-refractivity contribution in [3.8, 4) is 17.1 Å². The van der Waals surface area contributed by atoms with Crippen molar-refractivity contribution in [2.75, 3.05) is 7.11 Å². The van der Waals surface area contributed by atoms with Crippen molar-refractivity contribution in [2.45, 2.75) is 12.5 Å². The quantitative estimate of drug-likeness (QED) is 0.601. The maximum Gasteiger partial charge on any atom is 0.163 e. The van der Waals surface area contributed by atoms with Gasteiger partial charge in [-0.25, -0.2) is 9.97 Å². The number of furan rings is 1. The molecule has 26 heavy (non-hydrogen) atoms. The van der Waals surface area contributed by atoms with E-state index in [1.54, 1.807) is 32.6 Å². The van der Waals surface area contributed by atoms with Crippen LogP contribution in [0.5, 0.6) is 5.75 Å². The molecule has 0 radical (unpaired) electrons. The van der Waals surface area contributed by atoms with Crippen LogP contribution in [0, 0.1) is 0 Å². The van der Waals surface area contributed by atoms with Gasteiger partial charge in [0.2, 0.25) is 0 Å². The zero-order valence-electron chi connectivity index (χ0n) is 14.5. The maximum atomic E-state index is 11.4. The molecular formula is C21H18N2O3. The van der Waals surface area contributed by atoms with E-state index in [1.807, 2.05) is 48.5 Å². The number of ether oxygens (including phenoxy) is 1. The molecule has 1 N–H and O–H groups in total. The second-order valence-electron chi connectivity index (χ2n) is 6.23. The van der Waals surface area contributed by atoms with Gasteiger partial charge in [-0.2, -0.15) is 0 Å². The van der Waals surface area contributed by atoms with Gasteiger partial charge < -0.3 is 14.3 Å². The number of rotatable bonds is 4. The smallest absolute Gasteiger partial charge is 0.163 e. The Hall–Kier alpha value is -3.18. The van der Waals surface area contributed by atoms with Crippen molar-refractivity contribution in [1.82, 2.24) is 9.97 Å². The summed E-state index contributed by atoms with van der Waals surface area (Å²) in [6, 6.07) is 16.8. The predicted molar refractivity (Wildman–Crippen MR) is 98.9 cm³/mol. The average Bonchev–Trinajstić information content (AvgIpc) is 3.22. The van der Waals surface area contributed by atoms with Gasteiger partial charge in [0, 0.05) is 5.39 Å². The van der Waals surface area contributed by atoms with Crippen LogP contribution in [0.25, 0.3) is 22.3 Å². The molecule has 0 aliphatic carbocycles. The zero-order valence-corrected chi connectivity index (χ0v) is 14.5. The molecule has 0 spiro atoms. The zero-order chi connectivity index (χ0) is 18.1. The van der Waals surface area contributed by atoms with Crippen LogP contribution in [0.2, 0.25) is 0 Å². The Kier molecular flexibility index (Phi) is 3.93. The van der Waals surface area contributed by atoms with E-state index in [2.05, 4.69) is 9.97 Å². The molecule has 2 aromatic carbocycles. The molecule has 0 aliphatic heterocycles. The van der Waals surface area contributed by atoms with Gasteiger partial charge in [0.05, 0.1) is 30.1 Å². The third kappa shape index (κ3) is 2.72. The molecule has 5 heteroatoms. The number of para-hydroxylation sites is 1. The fraction of sp³-hybridized carbons (Fsp3) is 0.143. The summed E-state index contributed by atoms with van der Waals surface area (Å²) < 4.78 is 10.4. The Balaban J connectivity index is 1.93. The lowest BCUT2D eigenvalue weighted by molar-refractivity contribution is 0.0991. The first-order chi connectivity index (χ1) is 12.6. The van der Waals surface area contributed by atoms with Crippen molar-refractivity contribution >= 4 is 10.9 Å². The Bertz CT molecular complexity index is 1040. The summed E-state index contributed by atoms with van der Waals surface area (Å²) in [4.78, 5) is 9.29. The highest BCUT2D eigenvalue weighted by molar-refractivity contribution is 5.84. The Morgan fingerprint density at radius 2 is 1.77 bits per heavy atom. The van der Waals surface area contributed by atoms with Gasteiger partial charge in [0.25, 0.3) is 0 Å².